The Morgan fingerprint density at radius 1 is 0.970 bits per heavy atom. The van der Waals surface area contributed by atoms with E-state index in [1.54, 1.807) is 41.7 Å². The Morgan fingerprint density at radius 2 is 1.82 bits per heavy atom. The maximum Gasteiger partial charge on any atom is 0.248 e. The number of furan rings is 1. The molecule has 162 valence electrons. The largest absolute Gasteiger partial charge is 0.457 e. The summed E-state index contributed by atoms with van der Waals surface area (Å²) >= 11 is 14.0. The van der Waals surface area contributed by atoms with Gasteiger partial charge in [-0.05, 0) is 54.6 Å². The molecule has 0 aliphatic carbocycles. The number of aromatic nitrogens is 1. The van der Waals surface area contributed by atoms with Crippen LogP contribution in [0.3, 0.4) is 0 Å². The molecule has 3 aromatic carbocycles. The van der Waals surface area contributed by atoms with Crippen molar-refractivity contribution in [2.45, 2.75) is 0 Å². The normalized spacial score (nSPS) is 11.3. The van der Waals surface area contributed by atoms with Gasteiger partial charge in [0.1, 0.15) is 16.5 Å². The second-order valence-electron chi connectivity index (χ2n) is 7.19. The van der Waals surface area contributed by atoms with Gasteiger partial charge < -0.3 is 9.73 Å². The Morgan fingerprint density at radius 3 is 2.70 bits per heavy atom. The summed E-state index contributed by atoms with van der Waals surface area (Å²) in [7, 11) is 0. The highest BCUT2D eigenvalue weighted by Gasteiger charge is 2.11. The molecule has 5 aromatic rings. The summed E-state index contributed by atoms with van der Waals surface area (Å²) in [4.78, 5) is 17.1. The maximum absolute atomic E-state index is 12.5. The third kappa shape index (κ3) is 4.71. The molecule has 0 atom stereocenters. The zero-order valence-electron chi connectivity index (χ0n) is 17.1. The Kier molecular flexibility index (Phi) is 6.01. The Bertz CT molecular complexity index is 1470. The number of amides is 1. The SMILES string of the molecule is O=C(C=Cc1ccc(-c2cccc(Cl)c2Cl)o1)Nc1cccc(-c2nc3ccccc3s2)c1. The molecule has 4 nitrogen and oxygen atoms in total. The highest BCUT2D eigenvalue weighted by Crippen LogP contribution is 2.34. The summed E-state index contributed by atoms with van der Waals surface area (Å²) in [6.45, 7) is 0. The van der Waals surface area contributed by atoms with Gasteiger partial charge in [0.2, 0.25) is 5.91 Å². The maximum atomic E-state index is 12.5. The average Bonchev–Trinajstić information content (AvgIpc) is 3.47. The number of para-hydroxylation sites is 1. The van der Waals surface area contributed by atoms with Gasteiger partial charge in [-0.2, -0.15) is 0 Å². The number of fused-ring (bicyclic) bond motifs is 1. The number of hydrogen-bond donors (Lipinski definition) is 1. The summed E-state index contributed by atoms with van der Waals surface area (Å²) < 4.78 is 6.92. The predicted molar refractivity (Wildman–Crippen MR) is 137 cm³/mol. The number of nitrogens with one attached hydrogen (secondary N) is 1. The van der Waals surface area contributed by atoms with Gasteiger partial charge in [-0.3, -0.25) is 4.79 Å². The van der Waals surface area contributed by atoms with Crippen molar-refractivity contribution in [3.05, 3.63) is 101 Å². The minimum Gasteiger partial charge on any atom is -0.457 e. The molecule has 2 aromatic heterocycles. The van der Waals surface area contributed by atoms with Crippen LogP contribution < -0.4 is 5.32 Å². The molecule has 33 heavy (non-hydrogen) atoms. The van der Waals surface area contributed by atoms with Gasteiger partial charge in [-0.1, -0.05) is 53.5 Å². The van der Waals surface area contributed by atoms with E-state index in [2.05, 4.69) is 10.3 Å². The number of rotatable bonds is 5. The van der Waals surface area contributed by atoms with Gasteiger partial charge in [0.25, 0.3) is 0 Å². The van der Waals surface area contributed by atoms with Crippen LogP contribution in [0, 0.1) is 0 Å². The van der Waals surface area contributed by atoms with E-state index in [1.165, 1.54) is 6.08 Å². The summed E-state index contributed by atoms with van der Waals surface area (Å²) in [5.74, 6) is 0.834. The third-order valence-electron chi connectivity index (χ3n) is 4.91. The second kappa shape index (κ2) is 9.24. The minimum atomic E-state index is -0.268. The fourth-order valence-electron chi connectivity index (χ4n) is 3.35. The van der Waals surface area contributed by atoms with Gasteiger partial charge in [0.15, 0.2) is 0 Å². The molecule has 2 heterocycles. The van der Waals surface area contributed by atoms with E-state index >= 15 is 0 Å². The number of anilines is 1. The molecule has 5 rings (SSSR count). The standard InChI is InChI=1S/C26H16Cl2N2O2S/c27-20-8-4-7-19(25(20)28)22-13-11-18(32-22)12-14-24(31)29-17-6-3-5-16(15-17)26-30-21-9-1-2-10-23(21)33-26/h1-15H,(H,29,31). The van der Waals surface area contributed by atoms with Gasteiger partial charge in [-0.15, -0.1) is 11.3 Å². The topological polar surface area (TPSA) is 55.1 Å². The third-order valence-corrected chi connectivity index (χ3v) is 6.82. The highest BCUT2D eigenvalue weighted by atomic mass is 35.5. The van der Waals surface area contributed by atoms with Gasteiger partial charge in [0.05, 0.1) is 20.3 Å². The van der Waals surface area contributed by atoms with E-state index in [-0.39, 0.29) is 5.91 Å². The molecule has 0 unspecified atom stereocenters. The molecule has 0 bridgehead atoms. The number of carbonyl (C=O) groups is 1. The zero-order valence-corrected chi connectivity index (χ0v) is 19.4. The Labute approximate surface area is 204 Å². The molecule has 0 radical (unpaired) electrons. The van der Waals surface area contributed by atoms with Crippen LogP contribution in [0.1, 0.15) is 5.76 Å². The molecular weight excluding hydrogens is 475 g/mol. The monoisotopic (exact) mass is 490 g/mol. The van der Waals surface area contributed by atoms with Crippen molar-refractivity contribution in [1.82, 2.24) is 4.98 Å². The van der Waals surface area contributed by atoms with Crippen molar-refractivity contribution < 1.29 is 9.21 Å². The Hall–Kier alpha value is -3.38. The number of benzene rings is 3. The molecule has 1 amide bonds. The van der Waals surface area contributed by atoms with Crippen molar-refractivity contribution >= 4 is 62.4 Å². The molecule has 0 saturated heterocycles. The molecule has 0 aliphatic rings. The lowest BCUT2D eigenvalue weighted by atomic mass is 10.2. The number of nitrogens with zero attached hydrogens (tertiary/aromatic N) is 1. The Balaban J connectivity index is 1.29. The molecular formula is C26H16Cl2N2O2S. The zero-order chi connectivity index (χ0) is 22.8. The van der Waals surface area contributed by atoms with Gasteiger partial charge in [0, 0.05) is 22.9 Å². The summed E-state index contributed by atoms with van der Waals surface area (Å²) in [6, 6.07) is 24.5. The first-order valence-corrected chi connectivity index (χ1v) is 11.6. The average molecular weight is 491 g/mol. The first-order chi connectivity index (χ1) is 16.1. The van der Waals surface area contributed by atoms with Crippen molar-refractivity contribution in [3.8, 4) is 21.9 Å². The fraction of sp³-hybridized carbons (Fsp3) is 0. The quantitative estimate of drug-likeness (QED) is 0.252. The molecule has 1 N–H and O–H groups in total. The van der Waals surface area contributed by atoms with E-state index < -0.39 is 0 Å². The summed E-state index contributed by atoms with van der Waals surface area (Å²) in [5, 5.41) is 4.67. The van der Waals surface area contributed by atoms with Crippen LogP contribution >= 0.6 is 34.5 Å². The smallest absolute Gasteiger partial charge is 0.248 e. The van der Waals surface area contributed by atoms with Crippen molar-refractivity contribution in [2.24, 2.45) is 0 Å². The molecule has 7 heteroatoms. The summed E-state index contributed by atoms with van der Waals surface area (Å²) in [5.41, 5.74) is 3.30. The minimum absolute atomic E-state index is 0.268. The predicted octanol–water partition coefficient (Wildman–Crippen LogP) is 8.18. The van der Waals surface area contributed by atoms with Crippen LogP contribution in [-0.2, 0) is 4.79 Å². The van der Waals surface area contributed by atoms with E-state index in [4.69, 9.17) is 27.6 Å². The highest BCUT2D eigenvalue weighted by molar-refractivity contribution is 7.21. The van der Waals surface area contributed by atoms with Crippen LogP contribution in [0.15, 0.2) is 89.4 Å². The number of hydrogen-bond acceptors (Lipinski definition) is 4. The van der Waals surface area contributed by atoms with E-state index in [0.29, 0.717) is 32.8 Å². The fourth-order valence-corrected chi connectivity index (χ4v) is 4.70. The molecule has 0 spiro atoms. The number of carbonyl (C=O) groups excluding carboxylic acids is 1. The van der Waals surface area contributed by atoms with Crippen molar-refractivity contribution in [3.63, 3.8) is 0 Å². The van der Waals surface area contributed by atoms with Crippen LogP contribution in [0.25, 0.3) is 38.2 Å². The first kappa shape index (κ1) is 21.5. The number of halogens is 2. The lowest BCUT2D eigenvalue weighted by Gasteiger charge is -2.04. The van der Waals surface area contributed by atoms with Crippen molar-refractivity contribution in [2.75, 3.05) is 5.32 Å². The van der Waals surface area contributed by atoms with E-state index in [9.17, 15) is 4.79 Å². The molecule has 0 saturated carbocycles. The van der Waals surface area contributed by atoms with Gasteiger partial charge in [-0.25, -0.2) is 4.98 Å². The molecule has 0 fully saturated rings. The second-order valence-corrected chi connectivity index (χ2v) is 9.01. The van der Waals surface area contributed by atoms with Crippen molar-refractivity contribution in [1.29, 1.82) is 0 Å². The lowest BCUT2D eigenvalue weighted by molar-refractivity contribution is -0.111. The van der Waals surface area contributed by atoms with Crippen LogP contribution in [-0.4, -0.2) is 10.9 Å². The van der Waals surface area contributed by atoms with Crippen LogP contribution in [0.5, 0.6) is 0 Å². The lowest BCUT2D eigenvalue weighted by Crippen LogP contribution is -2.07. The van der Waals surface area contributed by atoms with Crippen LogP contribution in [0.2, 0.25) is 10.0 Å². The first-order valence-electron chi connectivity index (χ1n) is 10.1. The van der Waals surface area contributed by atoms with E-state index in [0.717, 1.165) is 20.8 Å². The summed E-state index contributed by atoms with van der Waals surface area (Å²) in [6.07, 6.45) is 3.03. The molecule has 0 aliphatic heterocycles. The van der Waals surface area contributed by atoms with E-state index in [1.807, 2.05) is 54.6 Å². The van der Waals surface area contributed by atoms with Gasteiger partial charge >= 0.3 is 0 Å². The van der Waals surface area contributed by atoms with Crippen LogP contribution in [0.4, 0.5) is 5.69 Å². The number of thiazole rings is 1.